The van der Waals surface area contributed by atoms with Crippen molar-refractivity contribution in [1.82, 2.24) is 5.32 Å². The minimum atomic E-state index is -0.715. The minimum absolute atomic E-state index is 0.140. The van der Waals surface area contributed by atoms with Gasteiger partial charge in [0.2, 0.25) is 0 Å². The molecule has 1 rings (SSSR count). The minimum Gasteiger partial charge on any atom is -0.481 e. The highest BCUT2D eigenvalue weighted by atomic mass is 32.2. The molecule has 0 aliphatic heterocycles. The first-order valence-electron chi connectivity index (χ1n) is 10.6. The van der Waals surface area contributed by atoms with E-state index in [-0.39, 0.29) is 11.8 Å². The highest BCUT2D eigenvalue weighted by Crippen LogP contribution is 2.13. The molecule has 1 aromatic carbocycles. The summed E-state index contributed by atoms with van der Waals surface area (Å²) in [7, 11) is 0. The number of carbonyl (C=O) groups excluding carboxylic acids is 1. The van der Waals surface area contributed by atoms with Crippen molar-refractivity contribution in [2.45, 2.75) is 58.3 Å². The Balaban J connectivity index is 1.79. The van der Waals surface area contributed by atoms with Crippen LogP contribution in [-0.2, 0) is 4.79 Å². The molecule has 29 heavy (non-hydrogen) atoms. The summed E-state index contributed by atoms with van der Waals surface area (Å²) in [5.41, 5.74) is 2.00. The first-order valence-corrected chi connectivity index (χ1v) is 12.9. The largest absolute Gasteiger partial charge is 0.481 e. The van der Waals surface area contributed by atoms with Crippen LogP contribution >= 0.6 is 23.5 Å². The molecule has 0 saturated heterocycles. The van der Waals surface area contributed by atoms with Gasteiger partial charge in [0.05, 0.1) is 5.75 Å². The van der Waals surface area contributed by atoms with Crippen molar-refractivity contribution in [3.63, 3.8) is 0 Å². The lowest BCUT2D eigenvalue weighted by Crippen LogP contribution is -2.29. The maximum Gasteiger partial charge on any atom is 0.319 e. The van der Waals surface area contributed by atoms with E-state index in [0.717, 1.165) is 30.0 Å². The van der Waals surface area contributed by atoms with Crippen molar-refractivity contribution >= 4 is 41.2 Å². The number of carbonyl (C=O) groups is 2. The second kappa shape index (κ2) is 17.5. The predicted molar refractivity (Wildman–Crippen MR) is 127 cm³/mol. The number of rotatable bonds is 17. The van der Waals surface area contributed by atoms with Crippen LogP contribution in [0.5, 0.6) is 0 Å². The van der Waals surface area contributed by atoms with E-state index in [0.29, 0.717) is 6.54 Å². The Morgan fingerprint density at radius 3 is 2.00 bits per heavy atom. The molecule has 0 saturated carbocycles. The Kier molecular flexibility index (Phi) is 15.5. The molecule has 0 fully saturated rings. The van der Waals surface area contributed by atoms with E-state index in [1.54, 1.807) is 0 Å². The number of benzene rings is 1. The lowest BCUT2D eigenvalue weighted by molar-refractivity contribution is -0.133. The third-order valence-electron chi connectivity index (χ3n) is 4.36. The van der Waals surface area contributed by atoms with Crippen molar-refractivity contribution in [3.05, 3.63) is 29.8 Å². The zero-order valence-electron chi connectivity index (χ0n) is 17.6. The molecule has 0 atom stereocenters. The van der Waals surface area contributed by atoms with E-state index in [1.807, 2.05) is 43.0 Å². The highest BCUT2D eigenvalue weighted by molar-refractivity contribution is 7.99. The van der Waals surface area contributed by atoms with Crippen molar-refractivity contribution in [1.29, 1.82) is 0 Å². The number of anilines is 1. The summed E-state index contributed by atoms with van der Waals surface area (Å²) < 4.78 is 0. The molecule has 3 N–H and O–H groups in total. The molecule has 7 heteroatoms. The monoisotopic (exact) mass is 440 g/mol. The number of unbranched alkanes of at least 4 members (excludes halogenated alkanes) is 6. The fourth-order valence-corrected chi connectivity index (χ4v) is 4.43. The summed E-state index contributed by atoms with van der Waals surface area (Å²) in [5, 5.41) is 14.3. The van der Waals surface area contributed by atoms with Gasteiger partial charge in [-0.05, 0) is 55.6 Å². The SMILES string of the molecule is Cc1ccc(NC(=O)NCCCSCCCCCCCCCSCC(=O)O)cc1. The van der Waals surface area contributed by atoms with Gasteiger partial charge in [0.15, 0.2) is 0 Å². The fraction of sp³-hybridized carbons (Fsp3) is 0.636. The third-order valence-corrected chi connectivity index (χ3v) is 6.55. The maximum absolute atomic E-state index is 11.8. The van der Waals surface area contributed by atoms with Crippen molar-refractivity contribution in [2.75, 3.05) is 34.9 Å². The number of hydrogen-bond donors (Lipinski definition) is 3. The van der Waals surface area contributed by atoms with Gasteiger partial charge in [-0.1, -0.05) is 49.8 Å². The predicted octanol–water partition coefficient (Wildman–Crippen LogP) is 5.79. The molecule has 0 aliphatic rings. The van der Waals surface area contributed by atoms with Crippen LogP contribution in [0.4, 0.5) is 10.5 Å². The quantitative estimate of drug-likeness (QED) is 0.267. The molecular formula is C22H36N2O3S2. The number of aryl methyl sites for hydroxylation is 1. The molecule has 5 nitrogen and oxygen atoms in total. The van der Waals surface area contributed by atoms with Crippen LogP contribution in [0.15, 0.2) is 24.3 Å². The summed E-state index contributed by atoms with van der Waals surface area (Å²) in [6, 6.07) is 7.64. The Bertz CT molecular complexity index is 568. The molecule has 0 unspecified atom stereocenters. The smallest absolute Gasteiger partial charge is 0.319 e. The number of aliphatic carboxylic acids is 1. The molecule has 2 amide bonds. The van der Waals surface area contributed by atoms with Crippen molar-refractivity contribution < 1.29 is 14.7 Å². The average Bonchev–Trinajstić information content (AvgIpc) is 2.69. The third kappa shape index (κ3) is 16.2. The lowest BCUT2D eigenvalue weighted by Gasteiger charge is -2.08. The van der Waals surface area contributed by atoms with Gasteiger partial charge in [0.1, 0.15) is 0 Å². The van der Waals surface area contributed by atoms with Crippen molar-refractivity contribution in [3.8, 4) is 0 Å². The van der Waals surface area contributed by atoms with E-state index in [9.17, 15) is 9.59 Å². The molecule has 1 aromatic rings. The Labute approximate surface area is 184 Å². The van der Waals surface area contributed by atoms with E-state index >= 15 is 0 Å². The first kappa shape index (κ1) is 25.7. The number of carboxylic acids is 1. The van der Waals surface area contributed by atoms with E-state index in [4.69, 9.17) is 5.11 Å². The summed E-state index contributed by atoms with van der Waals surface area (Å²) in [6.45, 7) is 2.73. The average molecular weight is 441 g/mol. The van der Waals surface area contributed by atoms with Gasteiger partial charge >= 0.3 is 12.0 Å². The van der Waals surface area contributed by atoms with Crippen molar-refractivity contribution in [2.24, 2.45) is 0 Å². The molecule has 0 aliphatic carbocycles. The van der Waals surface area contributed by atoms with E-state index in [2.05, 4.69) is 10.6 Å². The second-order valence-corrected chi connectivity index (χ2v) is 9.46. The van der Waals surface area contributed by atoms with Crippen LogP contribution in [0.25, 0.3) is 0 Å². The van der Waals surface area contributed by atoms with Gasteiger partial charge in [-0.25, -0.2) is 4.79 Å². The molecule has 0 spiro atoms. The topological polar surface area (TPSA) is 78.4 Å². The normalized spacial score (nSPS) is 10.7. The van der Waals surface area contributed by atoms with Gasteiger partial charge in [-0.3, -0.25) is 4.79 Å². The highest BCUT2D eigenvalue weighted by Gasteiger charge is 2.01. The molecule has 0 aromatic heterocycles. The standard InChI is InChI=1S/C22H36N2O3S2/c1-19-10-12-20(13-11-19)24-22(27)23-14-9-17-28-15-7-5-3-2-4-6-8-16-29-18-21(25)26/h10-13H,2-9,14-18H2,1H3,(H,25,26)(H2,23,24,27). The first-order chi connectivity index (χ1) is 14.1. The Morgan fingerprint density at radius 2 is 1.38 bits per heavy atom. The summed E-state index contributed by atoms with van der Waals surface area (Å²) in [4.78, 5) is 22.2. The summed E-state index contributed by atoms with van der Waals surface area (Å²) in [6.07, 6.45) is 9.73. The zero-order valence-corrected chi connectivity index (χ0v) is 19.2. The Morgan fingerprint density at radius 1 is 0.828 bits per heavy atom. The van der Waals surface area contributed by atoms with Crippen LogP contribution in [0.2, 0.25) is 0 Å². The number of nitrogens with one attached hydrogen (secondary N) is 2. The number of thioether (sulfide) groups is 2. The van der Waals surface area contributed by atoms with Crippen LogP contribution in [0, 0.1) is 6.92 Å². The summed E-state index contributed by atoms with van der Waals surface area (Å²) >= 11 is 3.49. The number of hydrogen-bond acceptors (Lipinski definition) is 4. The van der Waals surface area contributed by atoms with Crippen LogP contribution < -0.4 is 10.6 Å². The fourth-order valence-electron chi connectivity index (χ4n) is 2.74. The summed E-state index contributed by atoms with van der Waals surface area (Å²) in [5.74, 6) is 2.76. The van der Waals surface area contributed by atoms with E-state index < -0.39 is 5.97 Å². The number of urea groups is 1. The molecule has 0 radical (unpaired) electrons. The zero-order chi connectivity index (χ0) is 21.2. The van der Waals surface area contributed by atoms with E-state index in [1.165, 1.54) is 61.6 Å². The van der Waals surface area contributed by atoms with Gasteiger partial charge in [0, 0.05) is 12.2 Å². The van der Waals surface area contributed by atoms with Crippen LogP contribution in [0.3, 0.4) is 0 Å². The number of carboxylic acid groups (broad SMARTS) is 1. The maximum atomic E-state index is 11.8. The molecule has 164 valence electrons. The molecule has 0 bridgehead atoms. The molecule has 0 heterocycles. The second-order valence-electron chi connectivity index (χ2n) is 7.13. The van der Waals surface area contributed by atoms with Gasteiger partial charge in [-0.15, -0.1) is 0 Å². The van der Waals surface area contributed by atoms with Gasteiger partial charge in [-0.2, -0.15) is 23.5 Å². The molecular weight excluding hydrogens is 404 g/mol. The van der Waals surface area contributed by atoms with Gasteiger partial charge in [0.25, 0.3) is 0 Å². The number of amides is 2. The van der Waals surface area contributed by atoms with Crippen LogP contribution in [0.1, 0.15) is 56.9 Å². The Hall–Kier alpha value is -1.34. The lowest BCUT2D eigenvalue weighted by atomic mass is 10.1. The van der Waals surface area contributed by atoms with Gasteiger partial charge < -0.3 is 15.7 Å². The van der Waals surface area contributed by atoms with Crippen LogP contribution in [-0.4, -0.2) is 46.7 Å².